The second kappa shape index (κ2) is 8.39. The number of fused-ring (bicyclic) bond motifs is 5. The molecule has 0 saturated heterocycles. The summed E-state index contributed by atoms with van der Waals surface area (Å²) in [6.45, 7) is 10.6. The van der Waals surface area contributed by atoms with E-state index < -0.39 is 0 Å². The van der Waals surface area contributed by atoms with Crippen LogP contribution in [-0.2, 0) is 9.53 Å². The standard InChI is InChI=1S/C26H45NO3/c1-16(2)11-13-27-22-15-26(4)20(8-9-21(26)24(29)30-5)19-7-6-17-14-18(28)10-12-25(17,3)23(19)22/h16-23,27-28H,6-15H2,1-5H3/t17-,18-,19+,20+,21-,22-,23-,25+,26+/m1/s1. The van der Waals surface area contributed by atoms with E-state index in [1.165, 1.54) is 25.7 Å². The fourth-order valence-electron chi connectivity index (χ4n) is 8.70. The number of aliphatic hydroxyl groups is 1. The summed E-state index contributed by atoms with van der Waals surface area (Å²) in [6.07, 6.45) is 10.0. The van der Waals surface area contributed by atoms with Gasteiger partial charge in [-0.15, -0.1) is 0 Å². The van der Waals surface area contributed by atoms with Gasteiger partial charge in [-0.3, -0.25) is 4.79 Å². The van der Waals surface area contributed by atoms with E-state index in [2.05, 4.69) is 33.0 Å². The van der Waals surface area contributed by atoms with E-state index in [0.29, 0.717) is 41.0 Å². The highest BCUT2D eigenvalue weighted by molar-refractivity contribution is 5.74. The van der Waals surface area contributed by atoms with Gasteiger partial charge in [-0.1, -0.05) is 27.7 Å². The van der Waals surface area contributed by atoms with E-state index in [1.54, 1.807) is 7.11 Å². The average Bonchev–Trinajstić information content (AvgIpc) is 3.04. The minimum absolute atomic E-state index is 0.0140. The fraction of sp³-hybridized carbons (Fsp3) is 0.962. The minimum atomic E-state index is -0.101. The van der Waals surface area contributed by atoms with Crippen LogP contribution in [0.4, 0.5) is 0 Å². The summed E-state index contributed by atoms with van der Waals surface area (Å²) < 4.78 is 5.26. The number of hydrogen-bond donors (Lipinski definition) is 2. The number of ether oxygens (including phenoxy) is 1. The third-order valence-electron chi connectivity index (χ3n) is 10.2. The highest BCUT2D eigenvalue weighted by Crippen LogP contribution is 2.67. The van der Waals surface area contributed by atoms with Crippen molar-refractivity contribution in [2.24, 2.45) is 46.3 Å². The molecule has 0 spiro atoms. The molecule has 0 bridgehead atoms. The Morgan fingerprint density at radius 3 is 2.60 bits per heavy atom. The van der Waals surface area contributed by atoms with Gasteiger partial charge in [0.1, 0.15) is 0 Å². The van der Waals surface area contributed by atoms with Crippen molar-refractivity contribution >= 4 is 5.97 Å². The lowest BCUT2D eigenvalue weighted by Crippen LogP contribution is -2.62. The Bertz CT molecular complexity index is 636. The summed E-state index contributed by atoms with van der Waals surface area (Å²) in [5.74, 6) is 3.44. The van der Waals surface area contributed by atoms with Crippen molar-refractivity contribution in [1.82, 2.24) is 5.32 Å². The number of esters is 1. The highest BCUT2D eigenvalue weighted by Gasteiger charge is 2.64. The first-order valence-electron chi connectivity index (χ1n) is 12.7. The molecule has 9 atom stereocenters. The molecule has 4 fully saturated rings. The lowest BCUT2D eigenvalue weighted by molar-refractivity contribution is -0.161. The maximum absolute atomic E-state index is 12.7. The minimum Gasteiger partial charge on any atom is -0.469 e. The van der Waals surface area contributed by atoms with E-state index in [4.69, 9.17) is 4.74 Å². The van der Waals surface area contributed by atoms with Crippen LogP contribution < -0.4 is 5.32 Å². The van der Waals surface area contributed by atoms with Gasteiger partial charge in [-0.2, -0.15) is 0 Å². The number of hydrogen-bond acceptors (Lipinski definition) is 4. The molecule has 0 aliphatic heterocycles. The Hall–Kier alpha value is -0.610. The number of nitrogens with one attached hydrogen (secondary N) is 1. The smallest absolute Gasteiger partial charge is 0.309 e. The lowest BCUT2D eigenvalue weighted by atomic mass is 9.43. The van der Waals surface area contributed by atoms with E-state index in [-0.39, 0.29) is 23.4 Å². The van der Waals surface area contributed by atoms with Gasteiger partial charge in [0.15, 0.2) is 0 Å². The zero-order chi connectivity index (χ0) is 21.7. The molecule has 172 valence electrons. The predicted octanol–water partition coefficient (Wildman–Crippen LogP) is 4.79. The first kappa shape index (κ1) is 22.6. The van der Waals surface area contributed by atoms with Crippen LogP contribution in [0.1, 0.15) is 85.5 Å². The molecule has 0 amide bonds. The van der Waals surface area contributed by atoms with Crippen LogP contribution in [0.25, 0.3) is 0 Å². The lowest BCUT2D eigenvalue weighted by Gasteiger charge is -2.63. The number of carbonyl (C=O) groups excluding carboxylic acids is 1. The topological polar surface area (TPSA) is 58.6 Å². The maximum atomic E-state index is 12.7. The van der Waals surface area contributed by atoms with Crippen LogP contribution in [0, 0.1) is 46.3 Å². The largest absolute Gasteiger partial charge is 0.469 e. The van der Waals surface area contributed by atoms with Crippen LogP contribution in [-0.4, -0.2) is 36.9 Å². The molecule has 4 aliphatic carbocycles. The monoisotopic (exact) mass is 419 g/mol. The van der Waals surface area contributed by atoms with Crippen molar-refractivity contribution in [3.63, 3.8) is 0 Å². The number of aliphatic hydroxyl groups excluding tert-OH is 1. The molecular weight excluding hydrogens is 374 g/mol. The van der Waals surface area contributed by atoms with Crippen molar-refractivity contribution in [1.29, 1.82) is 0 Å². The van der Waals surface area contributed by atoms with E-state index >= 15 is 0 Å². The Morgan fingerprint density at radius 1 is 1.13 bits per heavy atom. The molecule has 0 radical (unpaired) electrons. The van der Waals surface area contributed by atoms with Crippen molar-refractivity contribution in [3.05, 3.63) is 0 Å². The molecule has 0 aromatic heterocycles. The second-order valence-corrected chi connectivity index (χ2v) is 12.1. The van der Waals surface area contributed by atoms with Gasteiger partial charge in [0.05, 0.1) is 19.1 Å². The van der Waals surface area contributed by atoms with Crippen molar-refractivity contribution in [2.45, 2.75) is 97.6 Å². The quantitative estimate of drug-likeness (QED) is 0.629. The van der Waals surface area contributed by atoms with Gasteiger partial charge in [0.2, 0.25) is 0 Å². The number of rotatable bonds is 5. The van der Waals surface area contributed by atoms with Crippen LogP contribution in [0.3, 0.4) is 0 Å². The summed E-state index contributed by atoms with van der Waals surface area (Å²) in [5.41, 5.74) is 0.378. The molecule has 4 rings (SSSR count). The summed E-state index contributed by atoms with van der Waals surface area (Å²) in [5, 5.41) is 14.4. The van der Waals surface area contributed by atoms with Crippen molar-refractivity contribution < 1.29 is 14.6 Å². The third-order valence-corrected chi connectivity index (χ3v) is 10.2. The number of methoxy groups -OCH3 is 1. The van der Waals surface area contributed by atoms with E-state index in [9.17, 15) is 9.90 Å². The molecule has 30 heavy (non-hydrogen) atoms. The van der Waals surface area contributed by atoms with Gasteiger partial charge in [0, 0.05) is 6.04 Å². The molecule has 4 nitrogen and oxygen atoms in total. The Balaban J connectivity index is 1.65. The molecule has 4 aliphatic rings. The van der Waals surface area contributed by atoms with Crippen LogP contribution in [0.15, 0.2) is 0 Å². The molecule has 0 aromatic rings. The first-order valence-corrected chi connectivity index (χ1v) is 12.7. The van der Waals surface area contributed by atoms with Gasteiger partial charge >= 0.3 is 5.97 Å². The molecule has 0 heterocycles. The van der Waals surface area contributed by atoms with Gasteiger partial charge < -0.3 is 15.2 Å². The van der Waals surface area contributed by atoms with E-state index in [0.717, 1.165) is 38.6 Å². The van der Waals surface area contributed by atoms with Crippen LogP contribution >= 0.6 is 0 Å². The molecular formula is C26H45NO3. The summed E-state index contributed by atoms with van der Waals surface area (Å²) in [7, 11) is 1.56. The molecule has 0 unspecified atom stereocenters. The molecule has 2 N–H and O–H groups in total. The van der Waals surface area contributed by atoms with Gasteiger partial charge in [-0.25, -0.2) is 0 Å². The number of carbonyl (C=O) groups is 1. The van der Waals surface area contributed by atoms with Gasteiger partial charge in [0.25, 0.3) is 0 Å². The zero-order valence-corrected chi connectivity index (χ0v) is 20.0. The van der Waals surface area contributed by atoms with Gasteiger partial charge in [-0.05, 0) is 105 Å². The molecule has 4 saturated carbocycles. The summed E-state index contributed by atoms with van der Waals surface area (Å²) in [6, 6.07) is 0.475. The normalized spacial score (nSPS) is 48.0. The third kappa shape index (κ3) is 3.64. The Morgan fingerprint density at radius 2 is 1.90 bits per heavy atom. The molecule has 4 heteroatoms. The fourth-order valence-corrected chi connectivity index (χ4v) is 8.70. The second-order valence-electron chi connectivity index (χ2n) is 12.1. The highest BCUT2D eigenvalue weighted by atomic mass is 16.5. The summed E-state index contributed by atoms with van der Waals surface area (Å²) in [4.78, 5) is 12.7. The van der Waals surface area contributed by atoms with Crippen molar-refractivity contribution in [2.75, 3.05) is 13.7 Å². The maximum Gasteiger partial charge on any atom is 0.309 e. The SMILES string of the molecule is COC(=O)[C@H]1CC[C@H]2[C@@H]3CC[C@@H]4C[C@H](O)CC[C@]4(C)[C@H]3[C@H](NCCC(C)C)C[C@]12C. The predicted molar refractivity (Wildman–Crippen MR) is 120 cm³/mol. The summed E-state index contributed by atoms with van der Waals surface area (Å²) >= 11 is 0. The van der Waals surface area contributed by atoms with E-state index in [1.807, 2.05) is 0 Å². The Labute approximate surface area is 183 Å². The Kier molecular flexibility index (Phi) is 6.31. The first-order chi connectivity index (χ1) is 14.2. The zero-order valence-electron chi connectivity index (χ0n) is 20.0. The van der Waals surface area contributed by atoms with Crippen LogP contribution in [0.5, 0.6) is 0 Å². The average molecular weight is 420 g/mol. The van der Waals surface area contributed by atoms with Crippen LogP contribution in [0.2, 0.25) is 0 Å². The molecule has 0 aromatic carbocycles. The van der Waals surface area contributed by atoms with Crippen molar-refractivity contribution in [3.8, 4) is 0 Å².